The summed E-state index contributed by atoms with van der Waals surface area (Å²) in [6, 6.07) is 18.9. The molecule has 0 aromatic heterocycles. The van der Waals surface area contributed by atoms with Crippen LogP contribution in [0, 0.1) is 0 Å². The SMILES string of the molecule is c1ccc(CN2CCOc3ccccc3C2)cc1. The molecule has 2 nitrogen and oxygen atoms in total. The van der Waals surface area contributed by atoms with Gasteiger partial charge in [-0.2, -0.15) is 0 Å². The Morgan fingerprint density at radius 2 is 1.72 bits per heavy atom. The van der Waals surface area contributed by atoms with Crippen LogP contribution in [0.25, 0.3) is 0 Å². The molecule has 0 bridgehead atoms. The lowest BCUT2D eigenvalue weighted by atomic mass is 10.1. The summed E-state index contributed by atoms with van der Waals surface area (Å²) in [5, 5.41) is 0. The number of hydrogen-bond acceptors (Lipinski definition) is 2. The van der Waals surface area contributed by atoms with Crippen LogP contribution in [0.1, 0.15) is 11.1 Å². The second-order valence-electron chi connectivity index (χ2n) is 4.65. The van der Waals surface area contributed by atoms with Gasteiger partial charge in [0.2, 0.25) is 0 Å². The Bertz CT molecular complexity index is 510. The average Bonchev–Trinajstić information content (AvgIpc) is 2.61. The standard InChI is InChI=1S/C16H17NO/c1-2-6-14(7-3-1)12-17-10-11-18-16-9-5-4-8-15(16)13-17/h1-9H,10-13H2. The van der Waals surface area contributed by atoms with E-state index in [1.165, 1.54) is 11.1 Å². The minimum Gasteiger partial charge on any atom is -0.492 e. The van der Waals surface area contributed by atoms with E-state index in [1.54, 1.807) is 0 Å². The van der Waals surface area contributed by atoms with E-state index in [1.807, 2.05) is 6.07 Å². The first-order valence-corrected chi connectivity index (χ1v) is 6.39. The van der Waals surface area contributed by atoms with Crippen LogP contribution in [0.2, 0.25) is 0 Å². The van der Waals surface area contributed by atoms with Gasteiger partial charge < -0.3 is 4.74 Å². The molecular formula is C16H17NO. The third kappa shape index (κ3) is 2.54. The summed E-state index contributed by atoms with van der Waals surface area (Å²) >= 11 is 0. The van der Waals surface area contributed by atoms with Gasteiger partial charge in [0.15, 0.2) is 0 Å². The number of ether oxygens (including phenoxy) is 1. The zero-order chi connectivity index (χ0) is 12.2. The van der Waals surface area contributed by atoms with Crippen LogP contribution in [0.3, 0.4) is 0 Å². The maximum atomic E-state index is 5.77. The van der Waals surface area contributed by atoms with Gasteiger partial charge in [-0.1, -0.05) is 48.5 Å². The largest absolute Gasteiger partial charge is 0.492 e. The molecule has 1 heterocycles. The molecule has 1 aliphatic heterocycles. The smallest absolute Gasteiger partial charge is 0.123 e. The molecule has 18 heavy (non-hydrogen) atoms. The zero-order valence-corrected chi connectivity index (χ0v) is 10.4. The van der Waals surface area contributed by atoms with Crippen LogP contribution in [-0.4, -0.2) is 18.1 Å². The van der Waals surface area contributed by atoms with E-state index in [2.05, 4.69) is 53.4 Å². The third-order valence-corrected chi connectivity index (χ3v) is 3.28. The van der Waals surface area contributed by atoms with Crippen molar-refractivity contribution in [1.29, 1.82) is 0 Å². The molecule has 0 fully saturated rings. The van der Waals surface area contributed by atoms with Gasteiger partial charge in [-0.25, -0.2) is 0 Å². The van der Waals surface area contributed by atoms with Crippen LogP contribution < -0.4 is 4.74 Å². The summed E-state index contributed by atoms with van der Waals surface area (Å²) < 4.78 is 5.77. The molecule has 1 aliphatic rings. The van der Waals surface area contributed by atoms with E-state index in [4.69, 9.17) is 4.74 Å². The van der Waals surface area contributed by atoms with E-state index in [0.717, 1.165) is 32.0 Å². The number of nitrogens with zero attached hydrogens (tertiary/aromatic N) is 1. The fourth-order valence-corrected chi connectivity index (χ4v) is 2.36. The van der Waals surface area contributed by atoms with E-state index in [0.29, 0.717) is 0 Å². The molecule has 0 aliphatic carbocycles. The molecule has 2 aromatic rings. The maximum Gasteiger partial charge on any atom is 0.123 e. The lowest BCUT2D eigenvalue weighted by molar-refractivity contribution is 0.219. The summed E-state index contributed by atoms with van der Waals surface area (Å²) in [5.41, 5.74) is 2.64. The second kappa shape index (κ2) is 5.23. The lowest BCUT2D eigenvalue weighted by Gasteiger charge is -2.19. The highest BCUT2D eigenvalue weighted by Crippen LogP contribution is 2.23. The first kappa shape index (κ1) is 11.3. The predicted octanol–water partition coefficient (Wildman–Crippen LogP) is 3.08. The zero-order valence-electron chi connectivity index (χ0n) is 10.4. The van der Waals surface area contributed by atoms with E-state index >= 15 is 0 Å². The Kier molecular flexibility index (Phi) is 3.29. The van der Waals surface area contributed by atoms with E-state index in [9.17, 15) is 0 Å². The fourth-order valence-electron chi connectivity index (χ4n) is 2.36. The lowest BCUT2D eigenvalue weighted by Crippen LogP contribution is -2.25. The Morgan fingerprint density at radius 3 is 2.61 bits per heavy atom. The molecule has 0 radical (unpaired) electrons. The third-order valence-electron chi connectivity index (χ3n) is 3.28. The molecule has 0 spiro atoms. The summed E-state index contributed by atoms with van der Waals surface area (Å²) in [7, 11) is 0. The van der Waals surface area contributed by atoms with Crippen LogP contribution in [0.5, 0.6) is 5.75 Å². The number of para-hydroxylation sites is 1. The van der Waals surface area contributed by atoms with Crippen molar-refractivity contribution < 1.29 is 4.74 Å². The van der Waals surface area contributed by atoms with Gasteiger partial charge in [-0.05, 0) is 11.6 Å². The molecular weight excluding hydrogens is 222 g/mol. The number of rotatable bonds is 2. The topological polar surface area (TPSA) is 12.5 Å². The van der Waals surface area contributed by atoms with E-state index < -0.39 is 0 Å². The summed E-state index contributed by atoms with van der Waals surface area (Å²) in [5.74, 6) is 1.04. The Hall–Kier alpha value is -1.80. The summed E-state index contributed by atoms with van der Waals surface area (Å²) in [4.78, 5) is 2.43. The molecule has 92 valence electrons. The molecule has 2 aromatic carbocycles. The molecule has 0 unspecified atom stereocenters. The molecule has 0 N–H and O–H groups in total. The minimum atomic E-state index is 0.768. The highest BCUT2D eigenvalue weighted by atomic mass is 16.5. The van der Waals surface area contributed by atoms with Crippen molar-refractivity contribution in [3.05, 3.63) is 65.7 Å². The van der Waals surface area contributed by atoms with Gasteiger partial charge in [-0.15, -0.1) is 0 Å². The second-order valence-corrected chi connectivity index (χ2v) is 4.65. The van der Waals surface area contributed by atoms with Crippen LogP contribution in [0.15, 0.2) is 54.6 Å². The molecule has 0 saturated carbocycles. The molecule has 0 atom stereocenters. The molecule has 0 saturated heterocycles. The minimum absolute atomic E-state index is 0.768. The summed E-state index contributed by atoms with van der Waals surface area (Å²) in [6.45, 7) is 3.69. The Balaban J connectivity index is 1.75. The molecule has 2 heteroatoms. The fraction of sp³-hybridized carbons (Fsp3) is 0.250. The van der Waals surface area contributed by atoms with Crippen molar-refractivity contribution in [1.82, 2.24) is 4.90 Å². The Morgan fingerprint density at radius 1 is 0.944 bits per heavy atom. The van der Waals surface area contributed by atoms with Gasteiger partial charge in [0.05, 0.1) is 0 Å². The summed E-state index contributed by atoms with van der Waals surface area (Å²) in [6.07, 6.45) is 0. The van der Waals surface area contributed by atoms with Gasteiger partial charge in [-0.3, -0.25) is 4.90 Å². The van der Waals surface area contributed by atoms with Gasteiger partial charge in [0.25, 0.3) is 0 Å². The van der Waals surface area contributed by atoms with Gasteiger partial charge >= 0.3 is 0 Å². The van der Waals surface area contributed by atoms with Crippen molar-refractivity contribution in [2.24, 2.45) is 0 Å². The van der Waals surface area contributed by atoms with Crippen LogP contribution >= 0.6 is 0 Å². The molecule has 3 rings (SSSR count). The van der Waals surface area contributed by atoms with Crippen LogP contribution in [0.4, 0.5) is 0 Å². The van der Waals surface area contributed by atoms with Crippen molar-refractivity contribution in [2.75, 3.05) is 13.2 Å². The average molecular weight is 239 g/mol. The number of hydrogen-bond donors (Lipinski definition) is 0. The van der Waals surface area contributed by atoms with Crippen molar-refractivity contribution in [3.8, 4) is 5.75 Å². The van der Waals surface area contributed by atoms with Crippen molar-refractivity contribution >= 4 is 0 Å². The first-order valence-electron chi connectivity index (χ1n) is 6.39. The Labute approximate surface area is 108 Å². The van der Waals surface area contributed by atoms with Crippen molar-refractivity contribution in [2.45, 2.75) is 13.1 Å². The normalized spacial score (nSPS) is 15.6. The quantitative estimate of drug-likeness (QED) is 0.798. The highest BCUT2D eigenvalue weighted by Gasteiger charge is 2.14. The van der Waals surface area contributed by atoms with Gasteiger partial charge in [0.1, 0.15) is 12.4 Å². The van der Waals surface area contributed by atoms with E-state index in [-0.39, 0.29) is 0 Å². The monoisotopic (exact) mass is 239 g/mol. The highest BCUT2D eigenvalue weighted by molar-refractivity contribution is 5.33. The van der Waals surface area contributed by atoms with Crippen molar-refractivity contribution in [3.63, 3.8) is 0 Å². The number of benzene rings is 2. The van der Waals surface area contributed by atoms with Gasteiger partial charge in [0, 0.05) is 25.2 Å². The first-order chi connectivity index (χ1) is 8.92. The maximum absolute atomic E-state index is 5.77. The van der Waals surface area contributed by atoms with Crippen LogP contribution in [-0.2, 0) is 13.1 Å². The predicted molar refractivity (Wildman–Crippen MR) is 72.5 cm³/mol. The molecule has 0 amide bonds. The number of fused-ring (bicyclic) bond motifs is 1.